The Morgan fingerprint density at radius 2 is 2.28 bits per heavy atom. The fraction of sp³-hybridized carbons (Fsp3) is 0.235. The molecule has 8 heteroatoms. The fourth-order valence-electron chi connectivity index (χ4n) is 2.36. The van der Waals surface area contributed by atoms with Crippen LogP contribution in [-0.4, -0.2) is 27.5 Å². The molecule has 0 unspecified atom stereocenters. The van der Waals surface area contributed by atoms with Crippen LogP contribution in [-0.2, 0) is 17.8 Å². The molecule has 0 aliphatic rings. The monoisotopic (exact) mass is 376 g/mol. The third kappa shape index (κ3) is 4.66. The highest BCUT2D eigenvalue weighted by atomic mass is 35.5. The molecule has 0 bridgehead atoms. The van der Waals surface area contributed by atoms with Crippen LogP contribution in [0.5, 0.6) is 0 Å². The molecule has 0 aliphatic heterocycles. The van der Waals surface area contributed by atoms with Crippen LogP contribution in [0.3, 0.4) is 0 Å². The summed E-state index contributed by atoms with van der Waals surface area (Å²) in [5.74, 6) is 0.695. The van der Waals surface area contributed by atoms with Crippen molar-refractivity contribution in [3.05, 3.63) is 58.1 Å². The number of allylic oxidation sites excluding steroid dienone is 1. The highest BCUT2D eigenvalue weighted by molar-refractivity contribution is 7.19. The number of nitrogens with two attached hydrogens (primary N) is 1. The lowest BCUT2D eigenvalue weighted by atomic mass is 10.1. The van der Waals surface area contributed by atoms with Gasteiger partial charge in [0.2, 0.25) is 0 Å². The molecule has 0 amide bonds. The first-order valence-electron chi connectivity index (χ1n) is 7.74. The van der Waals surface area contributed by atoms with Crippen molar-refractivity contribution in [3.8, 4) is 10.6 Å². The molecule has 3 aromatic heterocycles. The van der Waals surface area contributed by atoms with Gasteiger partial charge in [0.05, 0.1) is 27.8 Å². The number of imidazole rings is 1. The number of nitrogens with zero attached hydrogens (tertiary/aromatic N) is 3. The Kier molecular flexibility index (Phi) is 5.80. The topological polar surface area (TPSA) is 86.9 Å². The highest BCUT2D eigenvalue weighted by Crippen LogP contribution is 2.31. The van der Waals surface area contributed by atoms with Gasteiger partial charge in [-0.15, -0.1) is 11.3 Å². The van der Waals surface area contributed by atoms with Crippen molar-refractivity contribution in [2.45, 2.75) is 19.4 Å². The number of aromatic nitrogens is 3. The van der Waals surface area contributed by atoms with Crippen LogP contribution in [0, 0.1) is 0 Å². The second kappa shape index (κ2) is 8.24. The molecule has 130 valence electrons. The SMILES string of the molecule is NCC/C=C(\C=O)Cc1cn(Cc2cc(-c3ccc(Cl)s3)on2)cn1. The lowest BCUT2D eigenvalue weighted by molar-refractivity contribution is -0.105. The van der Waals surface area contributed by atoms with Gasteiger partial charge >= 0.3 is 0 Å². The van der Waals surface area contributed by atoms with Crippen molar-refractivity contribution in [3.63, 3.8) is 0 Å². The Morgan fingerprint density at radius 1 is 1.40 bits per heavy atom. The van der Waals surface area contributed by atoms with E-state index in [0.717, 1.165) is 22.6 Å². The van der Waals surface area contributed by atoms with E-state index in [1.165, 1.54) is 11.3 Å². The van der Waals surface area contributed by atoms with Crippen molar-refractivity contribution in [2.75, 3.05) is 6.54 Å². The van der Waals surface area contributed by atoms with Crippen LogP contribution in [0.1, 0.15) is 17.8 Å². The maximum absolute atomic E-state index is 11.1. The van der Waals surface area contributed by atoms with Crippen molar-refractivity contribution >= 4 is 29.2 Å². The van der Waals surface area contributed by atoms with E-state index in [1.54, 1.807) is 6.33 Å². The average Bonchev–Trinajstić information content (AvgIpc) is 3.33. The van der Waals surface area contributed by atoms with Crippen molar-refractivity contribution in [2.24, 2.45) is 5.73 Å². The first-order valence-corrected chi connectivity index (χ1v) is 8.93. The largest absolute Gasteiger partial charge is 0.355 e. The van der Waals surface area contributed by atoms with Gasteiger partial charge in [-0.05, 0) is 30.7 Å². The van der Waals surface area contributed by atoms with Crippen LogP contribution >= 0.6 is 22.9 Å². The summed E-state index contributed by atoms with van der Waals surface area (Å²) in [4.78, 5) is 16.4. The van der Waals surface area contributed by atoms with E-state index < -0.39 is 0 Å². The van der Waals surface area contributed by atoms with Crippen LogP contribution in [0.25, 0.3) is 10.6 Å². The van der Waals surface area contributed by atoms with Crippen LogP contribution in [0.15, 0.2) is 46.9 Å². The summed E-state index contributed by atoms with van der Waals surface area (Å²) in [5, 5.41) is 4.08. The third-order valence-electron chi connectivity index (χ3n) is 3.52. The zero-order chi connectivity index (χ0) is 17.6. The molecule has 3 rings (SSSR count). The second-order valence-corrected chi connectivity index (χ2v) is 7.19. The molecule has 0 saturated heterocycles. The number of halogens is 1. The molecule has 0 fully saturated rings. The number of rotatable bonds is 8. The fourth-order valence-corrected chi connectivity index (χ4v) is 3.35. The number of hydrogen-bond donors (Lipinski definition) is 1. The van der Waals surface area contributed by atoms with Gasteiger partial charge in [-0.2, -0.15) is 0 Å². The summed E-state index contributed by atoms with van der Waals surface area (Å²) in [6, 6.07) is 5.62. The van der Waals surface area contributed by atoms with E-state index in [1.807, 2.05) is 35.0 Å². The predicted octanol–water partition coefficient (Wildman–Crippen LogP) is 3.32. The Hall–Kier alpha value is -2.22. The summed E-state index contributed by atoms with van der Waals surface area (Å²) in [6.07, 6.45) is 7.50. The van der Waals surface area contributed by atoms with E-state index in [-0.39, 0.29) is 0 Å². The van der Waals surface area contributed by atoms with Gasteiger partial charge in [-0.1, -0.05) is 22.8 Å². The minimum Gasteiger partial charge on any atom is -0.355 e. The van der Waals surface area contributed by atoms with E-state index in [0.29, 0.717) is 41.6 Å². The Bertz CT molecular complexity index is 881. The quantitative estimate of drug-likeness (QED) is 0.481. The third-order valence-corrected chi connectivity index (χ3v) is 4.76. The van der Waals surface area contributed by atoms with Gasteiger partial charge in [-0.3, -0.25) is 4.79 Å². The minimum atomic E-state index is 0.494. The summed E-state index contributed by atoms with van der Waals surface area (Å²) in [6.45, 7) is 1.06. The lowest BCUT2D eigenvalue weighted by Crippen LogP contribution is -1.99. The summed E-state index contributed by atoms with van der Waals surface area (Å²) in [7, 11) is 0. The van der Waals surface area contributed by atoms with E-state index in [2.05, 4.69) is 10.1 Å². The summed E-state index contributed by atoms with van der Waals surface area (Å²) in [5.41, 5.74) is 7.76. The zero-order valence-corrected chi connectivity index (χ0v) is 15.0. The molecule has 3 heterocycles. The molecule has 0 spiro atoms. The van der Waals surface area contributed by atoms with Gasteiger partial charge in [0.1, 0.15) is 12.0 Å². The van der Waals surface area contributed by atoms with Gasteiger partial charge in [0.25, 0.3) is 0 Å². The molecule has 2 N–H and O–H groups in total. The molecular formula is C17H17ClN4O2S. The van der Waals surface area contributed by atoms with Gasteiger partial charge in [0, 0.05) is 18.7 Å². The lowest BCUT2D eigenvalue weighted by Gasteiger charge is -1.97. The first kappa shape index (κ1) is 17.6. The molecule has 0 radical (unpaired) electrons. The number of carbonyl (C=O) groups is 1. The van der Waals surface area contributed by atoms with Gasteiger partial charge in [-0.25, -0.2) is 4.98 Å². The standard InChI is InChI=1S/C17H17ClN4O2S/c18-17-4-3-16(25-17)15-7-14(21-24-15)9-22-8-13(20-11-22)6-12(10-23)2-1-5-19/h2-4,7-8,10-11H,1,5-6,9,19H2/b12-2-. The van der Waals surface area contributed by atoms with Crippen molar-refractivity contribution in [1.82, 2.24) is 14.7 Å². The number of thiophene rings is 1. The Morgan fingerprint density at radius 3 is 3.00 bits per heavy atom. The minimum absolute atomic E-state index is 0.494. The maximum Gasteiger partial charge on any atom is 0.177 e. The van der Waals surface area contributed by atoms with E-state index in [9.17, 15) is 4.79 Å². The number of carbonyl (C=O) groups excluding carboxylic acids is 1. The molecule has 3 aromatic rings. The number of aldehydes is 1. The smallest absolute Gasteiger partial charge is 0.177 e. The van der Waals surface area contributed by atoms with E-state index >= 15 is 0 Å². The average molecular weight is 377 g/mol. The molecular weight excluding hydrogens is 360 g/mol. The number of hydrogen-bond acceptors (Lipinski definition) is 6. The van der Waals surface area contributed by atoms with Crippen molar-refractivity contribution in [1.29, 1.82) is 0 Å². The summed E-state index contributed by atoms with van der Waals surface area (Å²) >= 11 is 7.39. The first-order chi connectivity index (χ1) is 12.2. The van der Waals surface area contributed by atoms with Crippen molar-refractivity contribution < 1.29 is 9.32 Å². The second-order valence-electron chi connectivity index (χ2n) is 5.47. The maximum atomic E-state index is 11.1. The normalized spacial score (nSPS) is 11.8. The molecule has 6 nitrogen and oxygen atoms in total. The van der Waals surface area contributed by atoms with Gasteiger partial charge < -0.3 is 14.8 Å². The Balaban J connectivity index is 1.65. The molecule has 0 saturated carbocycles. The van der Waals surface area contributed by atoms with E-state index in [4.69, 9.17) is 21.9 Å². The molecule has 0 atom stereocenters. The van der Waals surface area contributed by atoms with Crippen LogP contribution < -0.4 is 5.73 Å². The molecule has 0 aliphatic carbocycles. The predicted molar refractivity (Wildman–Crippen MR) is 97.7 cm³/mol. The van der Waals surface area contributed by atoms with Gasteiger partial charge in [0.15, 0.2) is 5.76 Å². The summed E-state index contributed by atoms with van der Waals surface area (Å²) < 4.78 is 7.99. The highest BCUT2D eigenvalue weighted by Gasteiger charge is 2.10. The molecule has 0 aromatic carbocycles. The zero-order valence-electron chi connectivity index (χ0n) is 13.4. The Labute approximate surface area is 153 Å². The molecule has 25 heavy (non-hydrogen) atoms. The van der Waals surface area contributed by atoms with Crippen LogP contribution in [0.4, 0.5) is 0 Å². The van der Waals surface area contributed by atoms with Crippen LogP contribution in [0.2, 0.25) is 4.34 Å².